The van der Waals surface area contributed by atoms with Crippen molar-refractivity contribution in [2.75, 3.05) is 7.05 Å². The minimum Gasteiger partial charge on any atom is -0.459 e. The molecule has 3 atom stereocenters. The first-order valence-corrected chi connectivity index (χ1v) is 10.4. The zero-order valence-corrected chi connectivity index (χ0v) is 18.4. The Morgan fingerprint density at radius 3 is 2.30 bits per heavy atom. The lowest BCUT2D eigenvalue weighted by Gasteiger charge is -2.47. The van der Waals surface area contributed by atoms with Gasteiger partial charge in [-0.2, -0.15) is 0 Å². The molecule has 1 aliphatic heterocycles. The van der Waals surface area contributed by atoms with E-state index in [9.17, 15) is 9.59 Å². The van der Waals surface area contributed by atoms with Gasteiger partial charge in [-0.25, -0.2) is 9.59 Å². The quantitative estimate of drug-likeness (QED) is 0.670. The van der Waals surface area contributed by atoms with Gasteiger partial charge in [-0.15, -0.1) is 0 Å². The van der Waals surface area contributed by atoms with Gasteiger partial charge in [-0.05, 0) is 53.3 Å². The molecule has 1 fully saturated rings. The topological polar surface area (TPSA) is 55.8 Å². The van der Waals surface area contributed by atoms with Crippen molar-refractivity contribution in [3.63, 3.8) is 0 Å². The highest BCUT2D eigenvalue weighted by atomic mass is 16.6. The second-order valence-electron chi connectivity index (χ2n) is 8.83. The van der Waals surface area contributed by atoms with Crippen LogP contribution in [-0.4, -0.2) is 41.6 Å². The van der Waals surface area contributed by atoms with E-state index in [-0.39, 0.29) is 17.7 Å². The summed E-state index contributed by atoms with van der Waals surface area (Å²) in [4.78, 5) is 28.1. The summed E-state index contributed by atoms with van der Waals surface area (Å²) in [5.74, 6) is -1.07. The van der Waals surface area contributed by atoms with E-state index in [1.165, 1.54) is 0 Å². The van der Waals surface area contributed by atoms with Gasteiger partial charge in [0.25, 0.3) is 0 Å². The fourth-order valence-corrected chi connectivity index (χ4v) is 3.98. The summed E-state index contributed by atoms with van der Waals surface area (Å²) in [5.41, 5.74) is 1.97. The van der Waals surface area contributed by atoms with E-state index < -0.39 is 18.0 Å². The highest BCUT2D eigenvalue weighted by Crippen LogP contribution is 2.33. The molecule has 0 saturated carbocycles. The minimum absolute atomic E-state index is 0.0799. The van der Waals surface area contributed by atoms with Gasteiger partial charge >= 0.3 is 11.9 Å². The molecule has 5 heteroatoms. The van der Waals surface area contributed by atoms with Gasteiger partial charge in [0.1, 0.15) is 6.10 Å². The molecule has 0 aromatic heterocycles. The summed E-state index contributed by atoms with van der Waals surface area (Å²) in [6.45, 7) is 8.38. The lowest BCUT2D eigenvalue weighted by Crippen LogP contribution is -2.54. The number of rotatable bonds is 5. The van der Waals surface area contributed by atoms with Gasteiger partial charge in [0.05, 0.1) is 5.56 Å². The van der Waals surface area contributed by atoms with E-state index in [1.807, 2.05) is 37.3 Å². The van der Waals surface area contributed by atoms with Crippen LogP contribution in [-0.2, 0) is 14.3 Å². The predicted molar refractivity (Wildman–Crippen MR) is 116 cm³/mol. The molecule has 1 aliphatic rings. The first kappa shape index (κ1) is 22.0. The highest BCUT2D eigenvalue weighted by molar-refractivity contribution is 5.91. The van der Waals surface area contributed by atoms with Gasteiger partial charge in [0, 0.05) is 23.6 Å². The van der Waals surface area contributed by atoms with Gasteiger partial charge in [-0.3, -0.25) is 4.90 Å². The number of likely N-dealkylation sites (tertiary alicyclic amines) is 1. The van der Waals surface area contributed by atoms with Crippen molar-refractivity contribution in [1.29, 1.82) is 0 Å². The molecule has 3 unspecified atom stereocenters. The summed E-state index contributed by atoms with van der Waals surface area (Å²) in [6, 6.07) is 16.4. The normalized spacial score (nSPS) is 22.2. The van der Waals surface area contributed by atoms with E-state index >= 15 is 0 Å². The van der Waals surface area contributed by atoms with E-state index in [0.29, 0.717) is 11.1 Å². The van der Waals surface area contributed by atoms with Crippen LogP contribution in [0.3, 0.4) is 0 Å². The van der Waals surface area contributed by atoms with Crippen molar-refractivity contribution in [3.8, 4) is 0 Å². The van der Waals surface area contributed by atoms with E-state index in [2.05, 4.69) is 32.7 Å². The maximum atomic E-state index is 13.1. The van der Waals surface area contributed by atoms with E-state index in [1.54, 1.807) is 24.3 Å². The van der Waals surface area contributed by atoms with Crippen LogP contribution in [0.5, 0.6) is 0 Å². The molecule has 2 aromatic carbocycles. The van der Waals surface area contributed by atoms with Crippen molar-refractivity contribution in [2.24, 2.45) is 0 Å². The van der Waals surface area contributed by atoms with Crippen molar-refractivity contribution >= 4 is 11.9 Å². The lowest BCUT2D eigenvalue weighted by molar-refractivity contribution is -0.166. The Hall–Kier alpha value is -2.66. The zero-order valence-electron chi connectivity index (χ0n) is 18.4. The number of esters is 2. The second kappa shape index (κ2) is 9.00. The van der Waals surface area contributed by atoms with Gasteiger partial charge < -0.3 is 9.47 Å². The Morgan fingerprint density at radius 1 is 1.07 bits per heavy atom. The number of hydrogen-bond donors (Lipinski definition) is 0. The fraction of sp³-hybridized carbons (Fsp3) is 0.440. The second-order valence-corrected chi connectivity index (χ2v) is 8.83. The third-order valence-corrected chi connectivity index (χ3v) is 6.06. The Balaban J connectivity index is 1.78. The Morgan fingerprint density at radius 2 is 1.70 bits per heavy atom. The van der Waals surface area contributed by atoms with Crippen LogP contribution in [0.4, 0.5) is 0 Å². The molecule has 30 heavy (non-hydrogen) atoms. The molecule has 0 spiro atoms. The number of aryl methyl sites for hydroxylation is 1. The third kappa shape index (κ3) is 5.08. The molecule has 3 rings (SSSR count). The molecule has 0 radical (unpaired) electrons. The highest BCUT2D eigenvalue weighted by Gasteiger charge is 2.39. The van der Waals surface area contributed by atoms with Crippen LogP contribution in [0.25, 0.3) is 0 Å². The smallest absolute Gasteiger partial charge is 0.352 e. The average molecular weight is 410 g/mol. The Bertz CT molecular complexity index is 876. The van der Waals surface area contributed by atoms with Crippen LogP contribution in [0.15, 0.2) is 54.6 Å². The van der Waals surface area contributed by atoms with Crippen LogP contribution in [0.2, 0.25) is 0 Å². The van der Waals surface area contributed by atoms with Gasteiger partial charge in [0.15, 0.2) is 0 Å². The lowest BCUT2D eigenvalue weighted by atomic mass is 9.85. The largest absolute Gasteiger partial charge is 0.459 e. The molecule has 2 aromatic rings. The number of carbonyl (C=O) groups is 2. The molecule has 0 N–H and O–H groups in total. The summed E-state index contributed by atoms with van der Waals surface area (Å²) >= 11 is 0. The van der Waals surface area contributed by atoms with Crippen LogP contribution in [0, 0.1) is 6.92 Å². The minimum atomic E-state index is -1.10. The van der Waals surface area contributed by atoms with E-state index in [0.717, 1.165) is 18.4 Å². The molecule has 1 heterocycles. The summed E-state index contributed by atoms with van der Waals surface area (Å²) in [5, 5.41) is 0. The first-order valence-electron chi connectivity index (χ1n) is 10.4. The number of nitrogens with zero attached hydrogens (tertiary/aromatic N) is 1. The molecule has 0 aliphatic carbocycles. The van der Waals surface area contributed by atoms with Crippen molar-refractivity contribution in [1.82, 2.24) is 4.90 Å². The van der Waals surface area contributed by atoms with Gasteiger partial charge in [-0.1, -0.05) is 48.0 Å². The van der Waals surface area contributed by atoms with Crippen molar-refractivity contribution < 1.29 is 19.1 Å². The predicted octanol–water partition coefficient (Wildman–Crippen LogP) is 4.70. The third-order valence-electron chi connectivity index (χ3n) is 6.06. The maximum absolute atomic E-state index is 13.1. The maximum Gasteiger partial charge on any atom is 0.352 e. The Labute approximate surface area is 179 Å². The first-order chi connectivity index (χ1) is 14.2. The number of piperidine rings is 1. The van der Waals surface area contributed by atoms with Crippen molar-refractivity contribution in [3.05, 3.63) is 71.3 Å². The van der Waals surface area contributed by atoms with Gasteiger partial charge in [0.2, 0.25) is 6.10 Å². The fourth-order valence-electron chi connectivity index (χ4n) is 3.98. The number of ether oxygens (including phenoxy) is 2. The number of hydrogen-bond acceptors (Lipinski definition) is 5. The Kier molecular flexibility index (Phi) is 6.61. The molecule has 0 bridgehead atoms. The van der Waals surface area contributed by atoms with Crippen LogP contribution < -0.4 is 0 Å². The summed E-state index contributed by atoms with van der Waals surface area (Å²) in [7, 11) is 2.10. The molecule has 160 valence electrons. The summed E-state index contributed by atoms with van der Waals surface area (Å²) in [6.07, 6.45) is 0.160. The molecule has 1 saturated heterocycles. The van der Waals surface area contributed by atoms with Crippen LogP contribution >= 0.6 is 0 Å². The zero-order chi connectivity index (χ0) is 21.9. The molecule has 0 amide bonds. The SMILES string of the molecule is Cc1ccc(C(=O)OC(C(=O)OC2CC(C)N(C)C(C)(C)C2)c2ccccc2)cc1. The van der Waals surface area contributed by atoms with Crippen LogP contribution in [0.1, 0.15) is 61.2 Å². The number of benzene rings is 2. The molecular weight excluding hydrogens is 378 g/mol. The monoisotopic (exact) mass is 409 g/mol. The summed E-state index contributed by atoms with van der Waals surface area (Å²) < 4.78 is 11.5. The number of carbonyl (C=O) groups excluding carboxylic acids is 2. The molecular formula is C25H31NO4. The standard InChI is InChI=1S/C25H31NO4/c1-17-11-13-20(14-12-17)23(27)30-22(19-9-7-6-8-10-19)24(28)29-21-15-18(2)26(5)25(3,4)16-21/h6-14,18,21-22H,15-16H2,1-5H3. The molecule has 5 nitrogen and oxygen atoms in total. The van der Waals surface area contributed by atoms with E-state index in [4.69, 9.17) is 9.47 Å². The average Bonchev–Trinajstić information content (AvgIpc) is 2.71. The van der Waals surface area contributed by atoms with Crippen molar-refractivity contribution in [2.45, 2.75) is 64.3 Å².